The van der Waals surface area contributed by atoms with Crippen molar-refractivity contribution in [3.05, 3.63) is 70.8 Å². The minimum atomic E-state index is -0.332. The molecule has 3 amide bonds. The quantitative estimate of drug-likeness (QED) is 0.732. The SMILES string of the molecule is O=C1c2ccc(C(=O)N3CCCC3c3ccccc3)cc2C(=O)N1CC1CCCO1. The lowest BCUT2D eigenvalue weighted by molar-refractivity contribution is 0.0475. The molecule has 3 heterocycles. The summed E-state index contributed by atoms with van der Waals surface area (Å²) < 4.78 is 5.59. The summed E-state index contributed by atoms with van der Waals surface area (Å²) in [7, 11) is 0. The molecule has 0 radical (unpaired) electrons. The number of carbonyl (C=O) groups excluding carboxylic acids is 3. The van der Waals surface area contributed by atoms with Crippen LogP contribution in [0, 0.1) is 0 Å². The smallest absolute Gasteiger partial charge is 0.261 e. The molecule has 30 heavy (non-hydrogen) atoms. The summed E-state index contributed by atoms with van der Waals surface area (Å²) in [5.41, 5.74) is 2.27. The number of hydrogen-bond donors (Lipinski definition) is 0. The first-order valence-electron chi connectivity index (χ1n) is 10.6. The van der Waals surface area contributed by atoms with Crippen molar-refractivity contribution in [3.8, 4) is 0 Å². The van der Waals surface area contributed by atoms with Crippen LogP contribution in [-0.4, -0.2) is 53.3 Å². The Morgan fingerprint density at radius 2 is 1.77 bits per heavy atom. The van der Waals surface area contributed by atoms with Gasteiger partial charge >= 0.3 is 0 Å². The van der Waals surface area contributed by atoms with E-state index >= 15 is 0 Å². The maximum Gasteiger partial charge on any atom is 0.261 e. The van der Waals surface area contributed by atoms with Crippen LogP contribution in [0.1, 0.15) is 68.4 Å². The van der Waals surface area contributed by atoms with Crippen LogP contribution in [0.4, 0.5) is 0 Å². The van der Waals surface area contributed by atoms with E-state index in [4.69, 9.17) is 4.74 Å². The molecule has 2 saturated heterocycles. The Labute approximate surface area is 175 Å². The second-order valence-corrected chi connectivity index (χ2v) is 8.18. The van der Waals surface area contributed by atoms with Crippen molar-refractivity contribution in [2.75, 3.05) is 19.7 Å². The van der Waals surface area contributed by atoms with Crippen LogP contribution in [0.25, 0.3) is 0 Å². The zero-order chi connectivity index (χ0) is 20.7. The Hall–Kier alpha value is -2.99. The van der Waals surface area contributed by atoms with E-state index < -0.39 is 0 Å². The topological polar surface area (TPSA) is 66.9 Å². The molecule has 0 N–H and O–H groups in total. The molecule has 6 heteroatoms. The van der Waals surface area contributed by atoms with Gasteiger partial charge in [0.1, 0.15) is 0 Å². The van der Waals surface area contributed by atoms with Crippen molar-refractivity contribution in [1.29, 1.82) is 0 Å². The molecular formula is C24H24N2O4. The van der Waals surface area contributed by atoms with Gasteiger partial charge in [-0.3, -0.25) is 19.3 Å². The second kappa shape index (κ2) is 7.69. The Morgan fingerprint density at radius 3 is 2.53 bits per heavy atom. The lowest BCUT2D eigenvalue weighted by Crippen LogP contribution is -2.36. The number of benzene rings is 2. The number of nitrogens with zero attached hydrogens (tertiary/aromatic N) is 2. The van der Waals surface area contributed by atoms with Gasteiger partial charge in [0.15, 0.2) is 0 Å². The van der Waals surface area contributed by atoms with Gasteiger partial charge in [-0.05, 0) is 49.4 Å². The largest absolute Gasteiger partial charge is 0.376 e. The van der Waals surface area contributed by atoms with E-state index in [2.05, 4.69) is 0 Å². The third kappa shape index (κ3) is 3.21. The Kier molecular flexibility index (Phi) is 4.87. The molecule has 0 aromatic heterocycles. The zero-order valence-corrected chi connectivity index (χ0v) is 16.8. The van der Waals surface area contributed by atoms with Gasteiger partial charge in [-0.2, -0.15) is 0 Å². The highest BCUT2D eigenvalue weighted by Gasteiger charge is 2.39. The van der Waals surface area contributed by atoms with Gasteiger partial charge in [0.05, 0.1) is 29.8 Å². The lowest BCUT2D eigenvalue weighted by atomic mass is 10.0. The maximum atomic E-state index is 13.3. The minimum absolute atomic E-state index is 0.0419. The normalized spacial score (nSPS) is 23.3. The van der Waals surface area contributed by atoms with Gasteiger partial charge in [0.25, 0.3) is 17.7 Å². The molecule has 2 atom stereocenters. The maximum absolute atomic E-state index is 13.3. The van der Waals surface area contributed by atoms with Crippen LogP contribution in [0.15, 0.2) is 48.5 Å². The number of hydrogen-bond acceptors (Lipinski definition) is 4. The number of ether oxygens (including phenoxy) is 1. The summed E-state index contributed by atoms with van der Waals surface area (Å²) in [6.45, 7) is 1.64. The van der Waals surface area contributed by atoms with E-state index in [1.165, 1.54) is 4.90 Å². The number of amides is 3. The molecule has 2 unspecified atom stereocenters. The van der Waals surface area contributed by atoms with Gasteiger partial charge in [0, 0.05) is 18.7 Å². The van der Waals surface area contributed by atoms with Crippen molar-refractivity contribution in [2.24, 2.45) is 0 Å². The van der Waals surface area contributed by atoms with E-state index in [-0.39, 0.29) is 36.4 Å². The van der Waals surface area contributed by atoms with Crippen molar-refractivity contribution in [3.63, 3.8) is 0 Å². The predicted molar refractivity (Wildman–Crippen MR) is 110 cm³/mol. The van der Waals surface area contributed by atoms with Crippen LogP contribution in [-0.2, 0) is 4.74 Å². The second-order valence-electron chi connectivity index (χ2n) is 8.18. The molecule has 6 nitrogen and oxygen atoms in total. The molecule has 0 spiro atoms. The van der Waals surface area contributed by atoms with E-state index in [9.17, 15) is 14.4 Å². The van der Waals surface area contributed by atoms with Crippen molar-refractivity contribution in [1.82, 2.24) is 9.80 Å². The summed E-state index contributed by atoms with van der Waals surface area (Å²) in [5.74, 6) is -0.726. The van der Waals surface area contributed by atoms with Gasteiger partial charge in [-0.1, -0.05) is 30.3 Å². The van der Waals surface area contributed by atoms with Crippen LogP contribution in [0.5, 0.6) is 0 Å². The molecule has 0 aliphatic carbocycles. The minimum Gasteiger partial charge on any atom is -0.376 e. The fourth-order valence-corrected chi connectivity index (χ4v) is 4.78. The number of carbonyl (C=O) groups is 3. The van der Waals surface area contributed by atoms with Crippen molar-refractivity contribution in [2.45, 2.75) is 37.8 Å². The molecule has 2 fully saturated rings. The Bertz CT molecular complexity index is 998. The van der Waals surface area contributed by atoms with E-state index in [0.29, 0.717) is 29.8 Å². The molecule has 2 aromatic rings. The first kappa shape index (κ1) is 19.0. The molecular weight excluding hydrogens is 380 g/mol. The molecule has 2 aromatic carbocycles. The average Bonchev–Trinajstić information content (AvgIpc) is 3.52. The standard InChI is InChI=1S/C24H24N2O4/c27-22(25-12-4-9-21(25)16-6-2-1-3-7-16)17-10-11-19-20(14-17)24(29)26(23(19)28)15-18-8-5-13-30-18/h1-3,6-7,10-11,14,18,21H,4-5,8-9,12-13,15H2. The third-order valence-corrected chi connectivity index (χ3v) is 6.33. The van der Waals surface area contributed by atoms with Gasteiger partial charge in [0.2, 0.25) is 0 Å². The highest BCUT2D eigenvalue weighted by atomic mass is 16.5. The van der Waals surface area contributed by atoms with E-state index in [1.807, 2.05) is 35.2 Å². The zero-order valence-electron chi connectivity index (χ0n) is 16.8. The highest BCUT2D eigenvalue weighted by Crippen LogP contribution is 2.34. The monoisotopic (exact) mass is 404 g/mol. The predicted octanol–water partition coefficient (Wildman–Crippen LogP) is 3.44. The Balaban J connectivity index is 1.39. The Morgan fingerprint density at radius 1 is 0.967 bits per heavy atom. The molecule has 0 saturated carbocycles. The number of fused-ring (bicyclic) bond motifs is 1. The summed E-state index contributed by atoms with van der Waals surface area (Å²) in [6.07, 6.45) is 3.58. The number of likely N-dealkylation sites (tertiary alicyclic amines) is 1. The van der Waals surface area contributed by atoms with Gasteiger partial charge in [-0.25, -0.2) is 0 Å². The average molecular weight is 404 g/mol. The van der Waals surface area contributed by atoms with Crippen LogP contribution in [0.2, 0.25) is 0 Å². The van der Waals surface area contributed by atoms with Gasteiger partial charge in [-0.15, -0.1) is 0 Å². The van der Waals surface area contributed by atoms with Gasteiger partial charge < -0.3 is 9.64 Å². The number of imide groups is 1. The summed E-state index contributed by atoms with van der Waals surface area (Å²) in [6, 6.07) is 14.9. The fraction of sp³-hybridized carbons (Fsp3) is 0.375. The molecule has 154 valence electrons. The van der Waals surface area contributed by atoms with E-state index in [0.717, 1.165) is 31.2 Å². The molecule has 5 rings (SSSR count). The van der Waals surface area contributed by atoms with Crippen LogP contribution < -0.4 is 0 Å². The molecule has 3 aliphatic heterocycles. The fourth-order valence-electron chi connectivity index (χ4n) is 4.78. The van der Waals surface area contributed by atoms with Crippen LogP contribution >= 0.6 is 0 Å². The summed E-state index contributed by atoms with van der Waals surface area (Å²) in [5, 5.41) is 0. The van der Waals surface area contributed by atoms with Crippen molar-refractivity contribution >= 4 is 17.7 Å². The first-order valence-corrected chi connectivity index (χ1v) is 10.6. The van der Waals surface area contributed by atoms with Crippen molar-refractivity contribution < 1.29 is 19.1 Å². The highest BCUT2D eigenvalue weighted by molar-refractivity contribution is 6.22. The number of rotatable bonds is 4. The lowest BCUT2D eigenvalue weighted by Gasteiger charge is -2.25. The summed E-state index contributed by atoms with van der Waals surface area (Å²) >= 11 is 0. The first-order chi connectivity index (χ1) is 14.6. The van der Waals surface area contributed by atoms with Crippen LogP contribution in [0.3, 0.4) is 0 Å². The van der Waals surface area contributed by atoms with E-state index in [1.54, 1.807) is 18.2 Å². The third-order valence-electron chi connectivity index (χ3n) is 6.33. The molecule has 0 bridgehead atoms. The molecule has 3 aliphatic rings. The summed E-state index contributed by atoms with van der Waals surface area (Å²) in [4.78, 5) is 42.0.